The fourth-order valence-corrected chi connectivity index (χ4v) is 2.44. The van der Waals surface area contributed by atoms with Crippen molar-refractivity contribution in [2.75, 3.05) is 18.6 Å². The number of hydrogen-bond acceptors (Lipinski definition) is 4. The van der Waals surface area contributed by atoms with Crippen LogP contribution in [0.1, 0.15) is 33.6 Å². The molecule has 2 atom stereocenters. The maximum absolute atomic E-state index is 11.0. The van der Waals surface area contributed by atoms with E-state index in [1.54, 1.807) is 0 Å². The summed E-state index contributed by atoms with van der Waals surface area (Å²) in [6.07, 6.45) is 2.57. The molecule has 2 unspecified atom stereocenters. The van der Waals surface area contributed by atoms with E-state index in [-0.39, 0.29) is 17.9 Å². The molecule has 4 nitrogen and oxygen atoms in total. The molecule has 0 bridgehead atoms. The fraction of sp³-hybridized carbons (Fsp3) is 1.00. The molecule has 0 saturated carbocycles. The molecule has 0 fully saturated rings. The van der Waals surface area contributed by atoms with Gasteiger partial charge in [-0.25, -0.2) is 8.42 Å². The molecular formula is C11H25NO3S. The zero-order valence-electron chi connectivity index (χ0n) is 10.8. The van der Waals surface area contributed by atoms with E-state index in [4.69, 9.17) is 10.5 Å². The SMILES string of the molecule is CCOC(C(C)C)C(N)CCCS(C)(=O)=O. The highest BCUT2D eigenvalue weighted by Gasteiger charge is 2.21. The summed E-state index contributed by atoms with van der Waals surface area (Å²) in [5, 5.41) is 0. The van der Waals surface area contributed by atoms with E-state index in [1.807, 2.05) is 6.92 Å². The zero-order chi connectivity index (χ0) is 12.8. The van der Waals surface area contributed by atoms with Crippen molar-refractivity contribution in [1.82, 2.24) is 0 Å². The topological polar surface area (TPSA) is 69.4 Å². The molecule has 0 aliphatic rings. The average molecular weight is 251 g/mol. The van der Waals surface area contributed by atoms with Crippen molar-refractivity contribution in [3.63, 3.8) is 0 Å². The summed E-state index contributed by atoms with van der Waals surface area (Å²) >= 11 is 0. The van der Waals surface area contributed by atoms with Crippen LogP contribution in [-0.4, -0.2) is 39.2 Å². The summed E-state index contributed by atoms with van der Waals surface area (Å²) in [4.78, 5) is 0. The van der Waals surface area contributed by atoms with E-state index < -0.39 is 9.84 Å². The molecular weight excluding hydrogens is 226 g/mol. The number of nitrogens with two attached hydrogens (primary N) is 1. The second-order valence-corrected chi connectivity index (χ2v) is 6.86. The van der Waals surface area contributed by atoms with Gasteiger partial charge in [-0.05, 0) is 25.7 Å². The Balaban J connectivity index is 4.06. The number of hydrogen-bond donors (Lipinski definition) is 1. The minimum absolute atomic E-state index is 0.0181. The minimum Gasteiger partial charge on any atom is -0.377 e. The fourth-order valence-electron chi connectivity index (χ4n) is 1.75. The quantitative estimate of drug-likeness (QED) is 0.704. The molecule has 0 spiro atoms. The van der Waals surface area contributed by atoms with Gasteiger partial charge < -0.3 is 10.5 Å². The van der Waals surface area contributed by atoms with Crippen LogP contribution < -0.4 is 5.73 Å². The molecule has 5 heteroatoms. The molecule has 0 aliphatic carbocycles. The van der Waals surface area contributed by atoms with Crippen LogP contribution in [0.25, 0.3) is 0 Å². The van der Waals surface area contributed by atoms with Crippen molar-refractivity contribution in [2.24, 2.45) is 11.7 Å². The standard InChI is InChI=1S/C11H25NO3S/c1-5-15-11(9(2)3)10(12)7-6-8-16(4,13)14/h9-11H,5-8,12H2,1-4H3. The lowest BCUT2D eigenvalue weighted by atomic mass is 9.97. The first-order chi connectivity index (χ1) is 7.28. The Kier molecular flexibility index (Phi) is 7.19. The smallest absolute Gasteiger partial charge is 0.147 e. The Bertz CT molecular complexity index is 275. The largest absolute Gasteiger partial charge is 0.377 e. The molecule has 0 aromatic rings. The van der Waals surface area contributed by atoms with Gasteiger partial charge in [0.2, 0.25) is 0 Å². The lowest BCUT2D eigenvalue weighted by Crippen LogP contribution is -2.40. The van der Waals surface area contributed by atoms with Gasteiger partial charge in [-0.1, -0.05) is 13.8 Å². The van der Waals surface area contributed by atoms with Crippen molar-refractivity contribution in [3.05, 3.63) is 0 Å². The van der Waals surface area contributed by atoms with Gasteiger partial charge in [0, 0.05) is 24.7 Å². The van der Waals surface area contributed by atoms with E-state index in [9.17, 15) is 8.42 Å². The molecule has 0 aromatic heterocycles. The lowest BCUT2D eigenvalue weighted by molar-refractivity contribution is 0.0108. The molecule has 0 radical (unpaired) electrons. The van der Waals surface area contributed by atoms with Crippen LogP contribution in [0.4, 0.5) is 0 Å². The van der Waals surface area contributed by atoms with Gasteiger partial charge in [0.25, 0.3) is 0 Å². The number of ether oxygens (including phenoxy) is 1. The monoisotopic (exact) mass is 251 g/mol. The highest BCUT2D eigenvalue weighted by Crippen LogP contribution is 2.13. The van der Waals surface area contributed by atoms with Crippen LogP contribution in [-0.2, 0) is 14.6 Å². The summed E-state index contributed by atoms with van der Waals surface area (Å²) in [6, 6.07) is -0.0818. The predicted molar refractivity (Wildman–Crippen MR) is 67.2 cm³/mol. The number of sulfone groups is 1. The zero-order valence-corrected chi connectivity index (χ0v) is 11.6. The van der Waals surface area contributed by atoms with Gasteiger partial charge in [-0.3, -0.25) is 0 Å². The maximum atomic E-state index is 11.0. The van der Waals surface area contributed by atoms with Crippen molar-refractivity contribution in [1.29, 1.82) is 0 Å². The van der Waals surface area contributed by atoms with Crippen LogP contribution in [0.15, 0.2) is 0 Å². The molecule has 2 N–H and O–H groups in total. The Morgan fingerprint density at radius 3 is 2.25 bits per heavy atom. The molecule has 0 aliphatic heterocycles. The van der Waals surface area contributed by atoms with Gasteiger partial charge in [0.15, 0.2) is 0 Å². The van der Waals surface area contributed by atoms with Gasteiger partial charge in [0.1, 0.15) is 9.84 Å². The van der Waals surface area contributed by atoms with Crippen LogP contribution in [0.2, 0.25) is 0 Å². The Hall–Kier alpha value is -0.130. The van der Waals surface area contributed by atoms with E-state index >= 15 is 0 Å². The van der Waals surface area contributed by atoms with E-state index in [2.05, 4.69) is 13.8 Å². The second kappa shape index (κ2) is 7.25. The van der Waals surface area contributed by atoms with E-state index in [0.29, 0.717) is 25.4 Å². The average Bonchev–Trinajstić information content (AvgIpc) is 2.11. The summed E-state index contributed by atoms with van der Waals surface area (Å²) in [5.41, 5.74) is 6.01. The summed E-state index contributed by atoms with van der Waals surface area (Å²) < 4.78 is 27.5. The predicted octanol–water partition coefficient (Wildman–Crippen LogP) is 1.20. The molecule has 0 heterocycles. The van der Waals surface area contributed by atoms with Crippen molar-refractivity contribution in [3.8, 4) is 0 Å². The first-order valence-electron chi connectivity index (χ1n) is 5.82. The first-order valence-corrected chi connectivity index (χ1v) is 7.89. The summed E-state index contributed by atoms with van der Waals surface area (Å²) in [7, 11) is -2.87. The Morgan fingerprint density at radius 1 is 1.31 bits per heavy atom. The van der Waals surface area contributed by atoms with Crippen LogP contribution in [0.3, 0.4) is 0 Å². The Labute approximate surface area is 99.5 Å². The normalized spacial score (nSPS) is 16.4. The minimum atomic E-state index is -2.87. The third-order valence-electron chi connectivity index (χ3n) is 2.49. The van der Waals surface area contributed by atoms with E-state index in [1.165, 1.54) is 6.26 Å². The highest BCUT2D eigenvalue weighted by atomic mass is 32.2. The lowest BCUT2D eigenvalue weighted by Gasteiger charge is -2.27. The highest BCUT2D eigenvalue weighted by molar-refractivity contribution is 7.90. The van der Waals surface area contributed by atoms with Crippen LogP contribution in [0, 0.1) is 5.92 Å². The van der Waals surface area contributed by atoms with E-state index in [0.717, 1.165) is 0 Å². The molecule has 0 saturated heterocycles. The number of rotatable bonds is 8. The van der Waals surface area contributed by atoms with Gasteiger partial charge >= 0.3 is 0 Å². The Morgan fingerprint density at radius 2 is 1.88 bits per heavy atom. The first kappa shape index (κ1) is 15.9. The van der Waals surface area contributed by atoms with Gasteiger partial charge in [-0.15, -0.1) is 0 Å². The molecule has 16 heavy (non-hydrogen) atoms. The van der Waals surface area contributed by atoms with Gasteiger partial charge in [-0.2, -0.15) is 0 Å². The summed E-state index contributed by atoms with van der Waals surface area (Å²) in [6.45, 7) is 6.72. The van der Waals surface area contributed by atoms with Crippen molar-refractivity contribution in [2.45, 2.75) is 45.8 Å². The second-order valence-electron chi connectivity index (χ2n) is 4.60. The van der Waals surface area contributed by atoms with Crippen LogP contribution in [0.5, 0.6) is 0 Å². The third kappa shape index (κ3) is 7.19. The van der Waals surface area contributed by atoms with Crippen molar-refractivity contribution < 1.29 is 13.2 Å². The van der Waals surface area contributed by atoms with Gasteiger partial charge in [0.05, 0.1) is 6.10 Å². The third-order valence-corrected chi connectivity index (χ3v) is 3.52. The molecule has 98 valence electrons. The van der Waals surface area contributed by atoms with Crippen LogP contribution >= 0.6 is 0 Å². The van der Waals surface area contributed by atoms with Crippen molar-refractivity contribution >= 4 is 9.84 Å². The molecule has 0 aromatic carbocycles. The maximum Gasteiger partial charge on any atom is 0.147 e. The summed E-state index contributed by atoms with van der Waals surface area (Å²) in [5.74, 6) is 0.561. The molecule has 0 amide bonds. The molecule has 0 rings (SSSR count).